The molecule has 1 amide bonds. The van der Waals surface area contributed by atoms with Crippen molar-refractivity contribution in [2.24, 2.45) is 0 Å². The second-order valence-corrected chi connectivity index (χ2v) is 10.2. The van der Waals surface area contributed by atoms with Gasteiger partial charge < -0.3 is 24.8 Å². The molecule has 3 heterocycles. The van der Waals surface area contributed by atoms with Crippen LogP contribution in [0.5, 0.6) is 5.75 Å². The van der Waals surface area contributed by atoms with Gasteiger partial charge in [-0.15, -0.1) is 0 Å². The molecule has 2 aromatic carbocycles. The first-order chi connectivity index (χ1) is 18.9. The standard InChI is InChI=1S/C31H33N5O2S/c1-20-9-5-6-10-26(20)33-28(37)16-18-35-30(29(34-31(35)39)27-11-7-8-17-32-27)25-19-21(2)36(22(25)3)23-12-14-24(38-4)15-13-23/h5-15,17,19,29-30H,16,18H2,1-4H3,(H,33,37)(H,34,39)/t29-,30-/m1/s1. The fraction of sp³-hybridized carbons (Fsp3) is 0.258. The van der Waals surface area contributed by atoms with Gasteiger partial charge in [-0.3, -0.25) is 9.78 Å². The number of aryl methyl sites for hydroxylation is 2. The number of benzene rings is 2. The van der Waals surface area contributed by atoms with E-state index < -0.39 is 0 Å². The van der Waals surface area contributed by atoms with Crippen molar-refractivity contribution < 1.29 is 9.53 Å². The number of hydrogen-bond donors (Lipinski definition) is 2. The Kier molecular flexibility index (Phi) is 7.65. The van der Waals surface area contributed by atoms with Crippen molar-refractivity contribution in [3.8, 4) is 11.4 Å². The van der Waals surface area contributed by atoms with Gasteiger partial charge in [0, 0.05) is 41.9 Å². The van der Waals surface area contributed by atoms with Gasteiger partial charge >= 0.3 is 0 Å². The molecule has 5 rings (SSSR count). The fourth-order valence-electron chi connectivity index (χ4n) is 5.35. The number of nitrogens with zero attached hydrogens (tertiary/aromatic N) is 3. The smallest absolute Gasteiger partial charge is 0.226 e. The summed E-state index contributed by atoms with van der Waals surface area (Å²) in [5.74, 6) is 0.771. The maximum atomic E-state index is 13.0. The number of aromatic nitrogens is 2. The first kappa shape index (κ1) is 26.4. The Morgan fingerprint density at radius 2 is 1.79 bits per heavy atom. The Hall–Kier alpha value is -4.17. The van der Waals surface area contributed by atoms with E-state index in [4.69, 9.17) is 17.0 Å². The van der Waals surface area contributed by atoms with E-state index in [0.717, 1.165) is 45.3 Å². The molecule has 7 nitrogen and oxygen atoms in total. The highest BCUT2D eigenvalue weighted by atomic mass is 32.1. The van der Waals surface area contributed by atoms with Crippen molar-refractivity contribution in [2.75, 3.05) is 19.0 Å². The molecule has 0 spiro atoms. The van der Waals surface area contributed by atoms with Crippen LogP contribution in [0, 0.1) is 20.8 Å². The van der Waals surface area contributed by atoms with Gasteiger partial charge in [0.05, 0.1) is 24.9 Å². The number of pyridine rings is 1. The number of hydrogen-bond acceptors (Lipinski definition) is 4. The minimum Gasteiger partial charge on any atom is -0.497 e. The van der Waals surface area contributed by atoms with E-state index in [-0.39, 0.29) is 18.0 Å². The molecule has 2 atom stereocenters. The van der Waals surface area contributed by atoms with Crippen molar-refractivity contribution in [3.63, 3.8) is 0 Å². The molecule has 0 radical (unpaired) electrons. The normalized spacial score (nSPS) is 16.7. The summed E-state index contributed by atoms with van der Waals surface area (Å²) in [6.07, 6.45) is 2.11. The molecule has 0 unspecified atom stereocenters. The van der Waals surface area contributed by atoms with E-state index in [1.165, 1.54) is 0 Å². The van der Waals surface area contributed by atoms with Crippen LogP contribution in [0.25, 0.3) is 5.69 Å². The number of nitrogens with one attached hydrogen (secondary N) is 2. The van der Waals surface area contributed by atoms with E-state index in [0.29, 0.717) is 18.1 Å². The number of carbonyl (C=O) groups is 1. The molecular formula is C31H33N5O2S. The van der Waals surface area contributed by atoms with E-state index >= 15 is 0 Å². The van der Waals surface area contributed by atoms with Crippen LogP contribution in [0.2, 0.25) is 0 Å². The van der Waals surface area contributed by atoms with Gasteiger partial charge in [0.2, 0.25) is 5.91 Å². The van der Waals surface area contributed by atoms with Crippen molar-refractivity contribution >= 4 is 28.9 Å². The summed E-state index contributed by atoms with van der Waals surface area (Å²) in [6.45, 7) is 6.70. The first-order valence-electron chi connectivity index (χ1n) is 13.0. The third kappa shape index (κ3) is 5.38. The summed E-state index contributed by atoms with van der Waals surface area (Å²) in [5, 5.41) is 7.16. The summed E-state index contributed by atoms with van der Waals surface area (Å²) in [7, 11) is 1.67. The third-order valence-corrected chi connectivity index (χ3v) is 7.67. The first-order valence-corrected chi connectivity index (χ1v) is 13.4. The van der Waals surface area contributed by atoms with Crippen molar-refractivity contribution in [1.82, 2.24) is 19.8 Å². The lowest BCUT2D eigenvalue weighted by molar-refractivity contribution is -0.116. The van der Waals surface area contributed by atoms with Crippen LogP contribution in [-0.2, 0) is 4.79 Å². The second-order valence-electron chi connectivity index (χ2n) is 9.79. The highest BCUT2D eigenvalue weighted by Crippen LogP contribution is 2.41. The van der Waals surface area contributed by atoms with Gasteiger partial charge in [0.15, 0.2) is 5.11 Å². The summed E-state index contributed by atoms with van der Waals surface area (Å²) < 4.78 is 7.60. The molecule has 0 bridgehead atoms. The number of amides is 1. The van der Waals surface area contributed by atoms with Gasteiger partial charge in [-0.1, -0.05) is 24.3 Å². The molecule has 1 aliphatic heterocycles. The van der Waals surface area contributed by atoms with E-state index in [2.05, 4.69) is 57.1 Å². The maximum Gasteiger partial charge on any atom is 0.226 e. The molecular weight excluding hydrogens is 506 g/mol. The highest BCUT2D eigenvalue weighted by molar-refractivity contribution is 7.80. The molecule has 0 saturated carbocycles. The predicted octanol–water partition coefficient (Wildman–Crippen LogP) is 5.81. The minimum absolute atomic E-state index is 0.0455. The summed E-state index contributed by atoms with van der Waals surface area (Å²) in [6, 6.07) is 23.7. The molecule has 1 aliphatic rings. The van der Waals surface area contributed by atoms with Crippen molar-refractivity contribution in [1.29, 1.82) is 0 Å². The van der Waals surface area contributed by atoms with E-state index in [1.54, 1.807) is 13.3 Å². The third-order valence-electron chi connectivity index (χ3n) is 7.32. The molecule has 8 heteroatoms. The van der Waals surface area contributed by atoms with Gasteiger partial charge in [0.1, 0.15) is 5.75 Å². The Bertz CT molecular complexity index is 1480. The van der Waals surface area contributed by atoms with Crippen LogP contribution >= 0.6 is 12.2 Å². The largest absolute Gasteiger partial charge is 0.497 e. The minimum atomic E-state index is -0.150. The fourth-order valence-corrected chi connectivity index (χ4v) is 5.68. The topological polar surface area (TPSA) is 71.4 Å². The van der Waals surface area contributed by atoms with Crippen LogP contribution in [-0.4, -0.2) is 39.1 Å². The average molecular weight is 540 g/mol. The Morgan fingerprint density at radius 3 is 2.49 bits per heavy atom. The quantitative estimate of drug-likeness (QED) is 0.276. The number of ether oxygens (including phenoxy) is 1. The highest BCUT2D eigenvalue weighted by Gasteiger charge is 2.41. The zero-order valence-electron chi connectivity index (χ0n) is 22.6. The van der Waals surface area contributed by atoms with Gasteiger partial charge in [-0.2, -0.15) is 0 Å². The zero-order chi connectivity index (χ0) is 27.5. The van der Waals surface area contributed by atoms with Crippen LogP contribution in [0.4, 0.5) is 5.69 Å². The van der Waals surface area contributed by atoms with Crippen LogP contribution in [0.15, 0.2) is 79.0 Å². The lowest BCUT2D eigenvalue weighted by atomic mass is 9.96. The molecule has 200 valence electrons. The lowest BCUT2D eigenvalue weighted by Gasteiger charge is -2.28. The molecule has 1 fully saturated rings. The number of para-hydroxylation sites is 1. The number of anilines is 1. The van der Waals surface area contributed by atoms with Crippen molar-refractivity contribution in [3.05, 3.63) is 107 Å². The number of carbonyl (C=O) groups excluding carboxylic acids is 1. The molecule has 1 saturated heterocycles. The summed E-state index contributed by atoms with van der Waals surface area (Å²) >= 11 is 5.84. The summed E-state index contributed by atoms with van der Waals surface area (Å²) in [4.78, 5) is 19.7. The lowest BCUT2D eigenvalue weighted by Crippen LogP contribution is -2.33. The second kappa shape index (κ2) is 11.3. The van der Waals surface area contributed by atoms with Gasteiger partial charge in [-0.25, -0.2) is 0 Å². The monoisotopic (exact) mass is 539 g/mol. The maximum absolute atomic E-state index is 13.0. The van der Waals surface area contributed by atoms with Crippen molar-refractivity contribution in [2.45, 2.75) is 39.3 Å². The van der Waals surface area contributed by atoms with Gasteiger partial charge in [-0.05, 0) is 92.6 Å². The zero-order valence-corrected chi connectivity index (χ0v) is 23.5. The molecule has 4 aromatic rings. The molecule has 2 aromatic heterocycles. The number of rotatable bonds is 8. The number of thiocarbonyl (C=S) groups is 1. The molecule has 39 heavy (non-hydrogen) atoms. The molecule has 0 aliphatic carbocycles. The Morgan fingerprint density at radius 1 is 1.05 bits per heavy atom. The van der Waals surface area contributed by atoms with Crippen LogP contribution in [0.3, 0.4) is 0 Å². The van der Waals surface area contributed by atoms with E-state index in [9.17, 15) is 4.79 Å². The Labute approximate surface area is 234 Å². The SMILES string of the molecule is COc1ccc(-n2c(C)cc([C@@H]3[C@@H](c4ccccn4)NC(=S)N3CCC(=O)Nc3ccccc3C)c2C)cc1. The van der Waals surface area contributed by atoms with Gasteiger partial charge in [0.25, 0.3) is 0 Å². The molecule has 2 N–H and O–H groups in total. The average Bonchev–Trinajstić information content (AvgIpc) is 3.43. The van der Waals surface area contributed by atoms with E-state index in [1.807, 2.05) is 61.5 Å². The predicted molar refractivity (Wildman–Crippen MR) is 158 cm³/mol. The summed E-state index contributed by atoms with van der Waals surface area (Å²) in [5.41, 5.74) is 7.20. The number of methoxy groups -OCH3 is 1. The Balaban J connectivity index is 1.47. The van der Waals surface area contributed by atoms with Crippen LogP contribution in [0.1, 0.15) is 46.7 Å². The van der Waals surface area contributed by atoms with Crippen LogP contribution < -0.4 is 15.4 Å².